The summed E-state index contributed by atoms with van der Waals surface area (Å²) < 4.78 is 44.9. The highest BCUT2D eigenvalue weighted by molar-refractivity contribution is 6.24. The number of hydrogen-bond acceptors (Lipinski definition) is 14. The van der Waals surface area contributed by atoms with E-state index in [4.69, 9.17) is 25.9 Å². The van der Waals surface area contributed by atoms with Gasteiger partial charge in [-0.05, 0) is 74.6 Å². The maximum atomic E-state index is 17.2. The molecule has 20 heteroatoms. The average molecular weight is 1050 g/mol. The molecule has 0 radical (unpaired) electrons. The molecule has 0 spiro atoms. The van der Waals surface area contributed by atoms with Crippen molar-refractivity contribution < 1.29 is 47.0 Å². The summed E-state index contributed by atoms with van der Waals surface area (Å²) in [5, 5.41) is 10.1. The largest absolute Gasteiger partial charge is 0.461 e. The molecule has 5 atom stereocenters. The van der Waals surface area contributed by atoms with Gasteiger partial charge in [0.2, 0.25) is 17.7 Å². The van der Waals surface area contributed by atoms with Crippen LogP contribution in [0, 0.1) is 24.0 Å². The van der Waals surface area contributed by atoms with Gasteiger partial charge in [-0.2, -0.15) is 9.97 Å². The van der Waals surface area contributed by atoms with E-state index >= 15 is 8.78 Å². The van der Waals surface area contributed by atoms with E-state index in [1.807, 2.05) is 0 Å². The van der Waals surface area contributed by atoms with Crippen molar-refractivity contribution in [2.24, 2.45) is 0 Å². The van der Waals surface area contributed by atoms with Crippen LogP contribution in [0.2, 0.25) is 0 Å². The van der Waals surface area contributed by atoms with Gasteiger partial charge in [0, 0.05) is 87.4 Å². The number of fused-ring (bicyclic) bond motifs is 6. The summed E-state index contributed by atoms with van der Waals surface area (Å²) in [4.78, 5) is 97.5. The number of hydrogen-bond donors (Lipinski definition) is 3. The van der Waals surface area contributed by atoms with Crippen LogP contribution in [0.15, 0.2) is 66.9 Å². The van der Waals surface area contributed by atoms with Crippen LogP contribution in [0.4, 0.5) is 25.1 Å². The van der Waals surface area contributed by atoms with Gasteiger partial charge in [-0.3, -0.25) is 44.1 Å². The van der Waals surface area contributed by atoms with E-state index < -0.39 is 59.2 Å². The summed E-state index contributed by atoms with van der Waals surface area (Å²) in [5.41, 5.74) is 1.31. The number of piperazine rings is 1. The predicted octanol–water partition coefficient (Wildman–Crippen LogP) is 6.99. The van der Waals surface area contributed by atoms with Crippen LogP contribution in [0.1, 0.15) is 110 Å². The highest BCUT2D eigenvalue weighted by Crippen LogP contribution is 2.45. The van der Waals surface area contributed by atoms with E-state index in [0.29, 0.717) is 85.1 Å². The van der Waals surface area contributed by atoms with Crippen LogP contribution in [-0.4, -0.2) is 135 Å². The Hall–Kier alpha value is -7.89. The van der Waals surface area contributed by atoms with Gasteiger partial charge < -0.3 is 29.9 Å². The van der Waals surface area contributed by atoms with Crippen molar-refractivity contribution in [3.05, 3.63) is 95.2 Å². The number of terminal acetylenes is 1. The number of carbonyl (C=O) groups is 6. The zero-order valence-corrected chi connectivity index (χ0v) is 42.7. The minimum atomic E-state index is -1.08. The molecule has 5 aromatic rings. The van der Waals surface area contributed by atoms with Gasteiger partial charge in [-0.15, -0.1) is 6.42 Å². The molecule has 5 saturated heterocycles. The minimum absolute atomic E-state index is 0.00542. The number of aromatic nitrogens is 3. The number of ether oxygens (including phenoxy) is 2. The predicted molar refractivity (Wildman–Crippen MR) is 281 cm³/mol. The maximum Gasteiger partial charge on any atom is 0.411 e. The van der Waals surface area contributed by atoms with Crippen LogP contribution < -0.4 is 25.6 Å². The molecular weight excluding hydrogens is 991 g/mol. The van der Waals surface area contributed by atoms with E-state index in [0.717, 1.165) is 49.0 Å². The van der Waals surface area contributed by atoms with Gasteiger partial charge in [0.1, 0.15) is 35.5 Å². The second kappa shape index (κ2) is 20.9. The van der Waals surface area contributed by atoms with Gasteiger partial charge in [-0.25, -0.2) is 13.6 Å². The van der Waals surface area contributed by atoms with Crippen LogP contribution in [0.25, 0.3) is 32.9 Å². The molecule has 3 N–H and O–H groups in total. The lowest BCUT2D eigenvalue weighted by atomic mass is 9.94. The SMILES string of the molecule is C#Cc1c(F)ccc2cccc(-c3ncc4c(N5C[C@H]6CC[C@@H](C5)N6)nc(OC[C@@]56CC[C@H](OC(=O)N(C)CCCCCCCC(=O)Nc7ccc8c(c7)C(=O)N(C7CCC(=O)NC7=O)C8=O)N5CC(=C)C6)nc4c3F)c12. The highest BCUT2D eigenvalue weighted by atomic mass is 19.1. The standard InChI is InChI=1S/C57H58F2N10O8/c1-4-37-42(58)19-14-33-11-10-12-39(47(33)37)49-48(59)50-41(27-60-49)51(67-29-35-15-16-36(30-67)61-35)65-55(64-50)76-31-57-23-22-46(68(57)28-32(2)26-57)77-56(75)66(3)24-9-7-5-6-8-13-44(70)62-34-17-18-38-40(25-34)54(74)69(53(38)73)43-20-21-45(71)63-52(43)72/h1,10-12,14,17-19,25,27,35-36,43,46,61H,2,5-9,13,15-16,20-24,26,28-31H2,3H3,(H,62,70)(H,63,71,72)/t35-,36+,43?,46-,57-/m0/s1. The first-order valence-corrected chi connectivity index (χ1v) is 26.4. The molecule has 3 aromatic carbocycles. The Balaban J connectivity index is 0.682. The molecule has 0 aliphatic carbocycles. The number of carbonyl (C=O) groups excluding carboxylic acids is 6. The monoisotopic (exact) mass is 1050 g/mol. The Morgan fingerprint density at radius 1 is 0.948 bits per heavy atom. The van der Waals surface area contributed by atoms with Crippen molar-refractivity contribution in [3.8, 4) is 29.6 Å². The number of benzene rings is 3. The first-order chi connectivity index (χ1) is 37.2. The number of piperidine rings is 1. The van der Waals surface area contributed by atoms with Crippen molar-refractivity contribution in [3.63, 3.8) is 0 Å². The highest BCUT2D eigenvalue weighted by Gasteiger charge is 2.53. The third kappa shape index (κ3) is 9.82. The Labute approximate surface area is 442 Å². The zero-order valence-electron chi connectivity index (χ0n) is 42.7. The fourth-order valence-corrected chi connectivity index (χ4v) is 12.2. The van der Waals surface area contributed by atoms with Crippen LogP contribution in [0.3, 0.4) is 0 Å². The van der Waals surface area contributed by atoms with E-state index in [2.05, 4.69) is 43.2 Å². The molecule has 0 saturated carbocycles. The Morgan fingerprint density at radius 2 is 1.73 bits per heavy atom. The smallest absolute Gasteiger partial charge is 0.411 e. The molecule has 6 aliphatic rings. The topological polar surface area (TPSA) is 209 Å². The van der Waals surface area contributed by atoms with Crippen LogP contribution in [-0.2, 0) is 19.1 Å². The molecule has 6 aliphatic heterocycles. The molecule has 2 aromatic heterocycles. The van der Waals surface area contributed by atoms with E-state index in [-0.39, 0.29) is 77.8 Å². The van der Waals surface area contributed by atoms with Gasteiger partial charge >= 0.3 is 12.1 Å². The number of pyridine rings is 1. The number of rotatable bonds is 16. The lowest BCUT2D eigenvalue weighted by Crippen LogP contribution is -2.54. The fourth-order valence-electron chi connectivity index (χ4n) is 12.2. The molecule has 5 fully saturated rings. The maximum absolute atomic E-state index is 17.2. The first kappa shape index (κ1) is 51.2. The normalized spacial score (nSPS) is 22.9. The first-order valence-electron chi connectivity index (χ1n) is 26.4. The molecule has 18 nitrogen and oxygen atoms in total. The van der Waals surface area contributed by atoms with Gasteiger partial charge in [0.05, 0.1) is 27.6 Å². The number of amides is 6. The second-order valence-corrected chi connectivity index (χ2v) is 21.2. The second-order valence-electron chi connectivity index (χ2n) is 21.2. The van der Waals surface area contributed by atoms with E-state index in [1.54, 1.807) is 48.5 Å². The number of imide groups is 2. The quantitative estimate of drug-likeness (QED) is 0.0394. The average Bonchev–Trinajstić information content (AvgIpc) is 4.26. The number of anilines is 2. The molecular formula is C57H58F2N10O8. The summed E-state index contributed by atoms with van der Waals surface area (Å²) in [5.74, 6) is -0.995. The van der Waals surface area contributed by atoms with Crippen molar-refractivity contribution in [1.29, 1.82) is 0 Å². The molecule has 8 heterocycles. The van der Waals surface area contributed by atoms with Gasteiger partial charge in [-0.1, -0.05) is 61.6 Å². The third-order valence-electron chi connectivity index (χ3n) is 16.0. The molecule has 77 heavy (non-hydrogen) atoms. The van der Waals surface area contributed by atoms with E-state index in [9.17, 15) is 28.8 Å². The summed E-state index contributed by atoms with van der Waals surface area (Å²) >= 11 is 0. The Bertz CT molecular complexity index is 3340. The third-order valence-corrected chi connectivity index (χ3v) is 16.0. The van der Waals surface area contributed by atoms with Crippen molar-refractivity contribution in [2.75, 3.05) is 50.1 Å². The lowest BCUT2D eigenvalue weighted by Gasteiger charge is -2.35. The van der Waals surface area contributed by atoms with Crippen molar-refractivity contribution in [1.82, 2.24) is 40.3 Å². The van der Waals surface area contributed by atoms with Crippen LogP contribution >= 0.6 is 0 Å². The minimum Gasteiger partial charge on any atom is -0.461 e. The molecule has 6 amide bonds. The van der Waals surface area contributed by atoms with Crippen molar-refractivity contribution in [2.45, 2.75) is 113 Å². The Kier molecular flexibility index (Phi) is 13.9. The number of nitrogens with one attached hydrogen (secondary N) is 3. The van der Waals surface area contributed by atoms with Crippen molar-refractivity contribution >= 4 is 68.8 Å². The summed E-state index contributed by atoms with van der Waals surface area (Å²) in [6.07, 6.45) is 14.3. The molecule has 1 unspecified atom stereocenters. The number of nitrogens with zero attached hydrogens (tertiary/aromatic N) is 7. The van der Waals surface area contributed by atoms with Gasteiger partial charge in [0.25, 0.3) is 11.8 Å². The number of unbranched alkanes of at least 4 members (excludes halogenated alkanes) is 4. The van der Waals surface area contributed by atoms with E-state index in [1.165, 1.54) is 18.2 Å². The molecule has 11 rings (SSSR count). The van der Waals surface area contributed by atoms with Gasteiger partial charge in [0.15, 0.2) is 12.0 Å². The fraction of sp³-hybridized carbons (Fsp3) is 0.421. The zero-order chi connectivity index (χ0) is 53.7. The Morgan fingerprint density at radius 3 is 2.52 bits per heavy atom. The summed E-state index contributed by atoms with van der Waals surface area (Å²) in [6, 6.07) is 12.0. The summed E-state index contributed by atoms with van der Waals surface area (Å²) in [7, 11) is 1.71. The lowest BCUT2D eigenvalue weighted by molar-refractivity contribution is -0.136. The number of halogens is 2. The summed E-state index contributed by atoms with van der Waals surface area (Å²) in [6.45, 7) is 6.73. The molecule has 398 valence electrons. The molecule has 2 bridgehead atoms. The van der Waals surface area contributed by atoms with Crippen LogP contribution in [0.5, 0.6) is 6.01 Å².